The van der Waals surface area contributed by atoms with Crippen LogP contribution >= 0.6 is 0 Å². The number of rotatable bonds is 8. The van der Waals surface area contributed by atoms with Crippen molar-refractivity contribution in [3.05, 3.63) is 48.5 Å². The number of carbonyl (C=O) groups is 3. The first-order chi connectivity index (χ1) is 16.2. The quantitative estimate of drug-likeness (QED) is 0.380. The minimum atomic E-state index is -3.88. The SMILES string of the molecule is CCCCC(=O)Nc1ccc(S(=O)(=O)c2ccccc2)cc1NC(=NC(=O)CC)NC(=O)OC. The van der Waals surface area contributed by atoms with Crippen molar-refractivity contribution in [2.45, 2.75) is 49.3 Å². The molecule has 0 aliphatic heterocycles. The molecule has 0 aliphatic rings. The average molecular weight is 489 g/mol. The number of nitrogens with one attached hydrogen (secondary N) is 3. The van der Waals surface area contributed by atoms with Gasteiger partial charge in [0, 0.05) is 12.8 Å². The standard InChI is InChI=1S/C23H28N4O6S/c1-4-6-12-21(29)24-18-14-13-17(34(31,32)16-10-8-7-9-11-16)15-19(18)25-22(26-20(28)5-2)27-23(30)33-3/h7-11,13-15H,4-6,12H2,1-3H3,(H,24,29)(H2,25,26,27,28,30). The van der Waals surface area contributed by atoms with Gasteiger partial charge in [-0.25, -0.2) is 13.2 Å². The van der Waals surface area contributed by atoms with Crippen LogP contribution in [0.3, 0.4) is 0 Å². The summed E-state index contributed by atoms with van der Waals surface area (Å²) in [7, 11) is -2.74. The van der Waals surface area contributed by atoms with Crippen molar-refractivity contribution in [3.63, 3.8) is 0 Å². The zero-order valence-electron chi connectivity index (χ0n) is 19.3. The van der Waals surface area contributed by atoms with E-state index < -0.39 is 21.8 Å². The first-order valence-corrected chi connectivity index (χ1v) is 12.2. The maximum atomic E-state index is 13.1. The predicted molar refractivity (Wildman–Crippen MR) is 128 cm³/mol. The van der Waals surface area contributed by atoms with Crippen LogP contribution in [-0.4, -0.2) is 39.4 Å². The number of sulfone groups is 1. The van der Waals surface area contributed by atoms with Gasteiger partial charge in [0.05, 0.1) is 28.3 Å². The van der Waals surface area contributed by atoms with Crippen LogP contribution in [0.25, 0.3) is 0 Å². The van der Waals surface area contributed by atoms with E-state index >= 15 is 0 Å². The lowest BCUT2D eigenvalue weighted by molar-refractivity contribution is -0.117. The largest absolute Gasteiger partial charge is 0.453 e. The van der Waals surface area contributed by atoms with E-state index in [0.717, 1.165) is 13.5 Å². The number of benzene rings is 2. The van der Waals surface area contributed by atoms with Crippen molar-refractivity contribution in [3.8, 4) is 0 Å². The molecule has 0 fully saturated rings. The van der Waals surface area contributed by atoms with Gasteiger partial charge in [0.25, 0.3) is 0 Å². The van der Waals surface area contributed by atoms with Crippen molar-refractivity contribution in [2.75, 3.05) is 17.7 Å². The molecular formula is C23H28N4O6S. The molecule has 0 atom stereocenters. The van der Waals surface area contributed by atoms with Crippen LogP contribution in [0.1, 0.15) is 39.5 Å². The van der Waals surface area contributed by atoms with Gasteiger partial charge in [-0.1, -0.05) is 38.5 Å². The second-order valence-electron chi connectivity index (χ2n) is 7.12. The molecule has 182 valence electrons. The van der Waals surface area contributed by atoms with E-state index in [0.29, 0.717) is 6.42 Å². The summed E-state index contributed by atoms with van der Waals surface area (Å²) in [6, 6.07) is 11.9. The van der Waals surface area contributed by atoms with E-state index in [1.807, 2.05) is 6.92 Å². The zero-order valence-corrected chi connectivity index (χ0v) is 20.1. The summed E-state index contributed by atoms with van der Waals surface area (Å²) in [6.07, 6.45) is 0.951. The smallest absolute Gasteiger partial charge is 0.413 e. The summed E-state index contributed by atoms with van der Waals surface area (Å²) in [4.78, 5) is 39.8. The number of aliphatic imine (C=N–C) groups is 1. The number of unbranched alkanes of at least 4 members (excludes halogenated alkanes) is 1. The number of nitrogens with zero attached hydrogens (tertiary/aromatic N) is 1. The highest BCUT2D eigenvalue weighted by molar-refractivity contribution is 7.91. The summed E-state index contributed by atoms with van der Waals surface area (Å²) in [5, 5.41) is 7.75. The molecule has 2 aromatic rings. The Balaban J connectivity index is 2.53. The number of ether oxygens (including phenoxy) is 1. The van der Waals surface area contributed by atoms with Crippen molar-refractivity contribution in [2.24, 2.45) is 4.99 Å². The Morgan fingerprint density at radius 1 is 0.941 bits per heavy atom. The van der Waals surface area contributed by atoms with Crippen LogP contribution < -0.4 is 16.0 Å². The molecule has 2 aromatic carbocycles. The lowest BCUT2D eigenvalue weighted by Gasteiger charge is -2.16. The monoisotopic (exact) mass is 488 g/mol. The van der Waals surface area contributed by atoms with Crippen LogP contribution in [0.5, 0.6) is 0 Å². The molecule has 0 radical (unpaired) electrons. The summed E-state index contributed by atoms with van der Waals surface area (Å²) in [5.74, 6) is -1.09. The van der Waals surface area contributed by atoms with Gasteiger partial charge in [0.1, 0.15) is 0 Å². The van der Waals surface area contributed by atoms with Gasteiger partial charge in [-0.3, -0.25) is 14.9 Å². The Labute approximate surface area is 198 Å². The van der Waals surface area contributed by atoms with Gasteiger partial charge < -0.3 is 15.4 Å². The normalized spacial score (nSPS) is 11.4. The number of hydrogen-bond acceptors (Lipinski definition) is 6. The number of hydrogen-bond donors (Lipinski definition) is 3. The molecular weight excluding hydrogens is 460 g/mol. The number of alkyl carbamates (subject to hydrolysis) is 1. The number of amides is 3. The molecule has 0 heterocycles. The van der Waals surface area contributed by atoms with E-state index in [4.69, 9.17) is 0 Å². The average Bonchev–Trinajstić information content (AvgIpc) is 2.83. The van der Waals surface area contributed by atoms with Crippen LogP contribution in [0.4, 0.5) is 16.2 Å². The van der Waals surface area contributed by atoms with Gasteiger partial charge in [0.2, 0.25) is 27.6 Å². The van der Waals surface area contributed by atoms with E-state index in [1.54, 1.807) is 25.1 Å². The highest BCUT2D eigenvalue weighted by Gasteiger charge is 2.20. The lowest BCUT2D eigenvalue weighted by Crippen LogP contribution is -2.36. The molecule has 0 saturated heterocycles. The maximum absolute atomic E-state index is 13.1. The molecule has 10 nitrogen and oxygen atoms in total. The van der Waals surface area contributed by atoms with Gasteiger partial charge in [-0.05, 0) is 36.8 Å². The number of anilines is 2. The molecule has 0 spiro atoms. The molecule has 0 saturated carbocycles. The number of methoxy groups -OCH3 is 1. The van der Waals surface area contributed by atoms with E-state index in [1.165, 1.54) is 30.3 Å². The van der Waals surface area contributed by atoms with Crippen molar-refractivity contribution in [1.29, 1.82) is 0 Å². The van der Waals surface area contributed by atoms with Crippen LogP contribution in [-0.2, 0) is 24.2 Å². The Hall–Kier alpha value is -3.73. The van der Waals surface area contributed by atoms with E-state index in [2.05, 4.69) is 25.7 Å². The lowest BCUT2D eigenvalue weighted by atomic mass is 10.2. The minimum Gasteiger partial charge on any atom is -0.453 e. The molecule has 0 aliphatic carbocycles. The minimum absolute atomic E-state index is 0.0630. The molecule has 11 heteroatoms. The summed E-state index contributed by atoms with van der Waals surface area (Å²) in [5.41, 5.74) is 0.359. The Bertz CT molecular complexity index is 1160. The maximum Gasteiger partial charge on any atom is 0.413 e. The van der Waals surface area contributed by atoms with Crippen LogP contribution in [0.2, 0.25) is 0 Å². The summed E-state index contributed by atoms with van der Waals surface area (Å²) in [6.45, 7) is 3.55. The molecule has 34 heavy (non-hydrogen) atoms. The third-order valence-corrected chi connectivity index (χ3v) is 6.35. The van der Waals surface area contributed by atoms with Gasteiger partial charge >= 0.3 is 6.09 Å². The molecule has 0 aromatic heterocycles. The first kappa shape index (κ1) is 26.5. The number of carbonyl (C=O) groups excluding carboxylic acids is 3. The molecule has 3 amide bonds. The van der Waals surface area contributed by atoms with Gasteiger partial charge in [-0.15, -0.1) is 0 Å². The van der Waals surface area contributed by atoms with Crippen LogP contribution in [0, 0.1) is 0 Å². The van der Waals surface area contributed by atoms with Gasteiger partial charge in [-0.2, -0.15) is 4.99 Å². The Kier molecular flexibility index (Phi) is 9.75. The van der Waals surface area contributed by atoms with Crippen molar-refractivity contribution < 1.29 is 27.5 Å². The van der Waals surface area contributed by atoms with Crippen LogP contribution in [0.15, 0.2) is 63.3 Å². The predicted octanol–water partition coefficient (Wildman–Crippen LogP) is 3.71. The molecule has 0 bridgehead atoms. The third-order valence-electron chi connectivity index (χ3n) is 4.58. The van der Waals surface area contributed by atoms with E-state index in [-0.39, 0.29) is 45.9 Å². The third kappa shape index (κ3) is 7.41. The summed E-state index contributed by atoms with van der Waals surface area (Å²) < 4.78 is 30.8. The van der Waals surface area contributed by atoms with Gasteiger partial charge in [0.15, 0.2) is 0 Å². The second kappa shape index (κ2) is 12.5. The number of guanidine groups is 1. The molecule has 0 unspecified atom stereocenters. The molecule has 2 rings (SSSR count). The first-order valence-electron chi connectivity index (χ1n) is 10.7. The Morgan fingerprint density at radius 3 is 2.26 bits per heavy atom. The fraction of sp³-hybridized carbons (Fsp3) is 0.304. The topological polar surface area (TPSA) is 143 Å². The highest BCUT2D eigenvalue weighted by Crippen LogP contribution is 2.29. The van der Waals surface area contributed by atoms with Crippen molar-refractivity contribution in [1.82, 2.24) is 5.32 Å². The molecule has 3 N–H and O–H groups in total. The summed E-state index contributed by atoms with van der Waals surface area (Å²) >= 11 is 0. The fourth-order valence-corrected chi connectivity index (χ4v) is 4.06. The zero-order chi connectivity index (χ0) is 25.1. The highest BCUT2D eigenvalue weighted by atomic mass is 32.2. The Morgan fingerprint density at radius 2 is 1.65 bits per heavy atom. The fourth-order valence-electron chi connectivity index (χ4n) is 2.75. The second-order valence-corrected chi connectivity index (χ2v) is 9.07. The van der Waals surface area contributed by atoms with E-state index in [9.17, 15) is 22.8 Å². The van der Waals surface area contributed by atoms with Crippen molar-refractivity contribution >= 4 is 45.1 Å².